The van der Waals surface area contributed by atoms with Crippen molar-refractivity contribution in [1.82, 2.24) is 16.0 Å². The summed E-state index contributed by atoms with van der Waals surface area (Å²) in [4.78, 5) is 82.1. The van der Waals surface area contributed by atoms with Crippen molar-refractivity contribution < 1.29 is 38.7 Å². The summed E-state index contributed by atoms with van der Waals surface area (Å²) in [5.41, 5.74) is 20.6. The van der Waals surface area contributed by atoms with E-state index in [0.717, 1.165) is 0 Å². The molecule has 0 aliphatic rings. The lowest BCUT2D eigenvalue weighted by molar-refractivity contribution is -0.144. The Hall–Kier alpha value is -3.75. The molecule has 15 nitrogen and oxygen atoms in total. The van der Waals surface area contributed by atoms with Crippen molar-refractivity contribution in [3.8, 4) is 0 Å². The van der Waals surface area contributed by atoms with E-state index in [-0.39, 0.29) is 12.3 Å². The summed E-state index contributed by atoms with van der Waals surface area (Å²) in [5.74, 6) is -7.39. The van der Waals surface area contributed by atoms with Gasteiger partial charge in [0.25, 0.3) is 0 Å². The Balaban J connectivity index is 5.56. The van der Waals surface area contributed by atoms with E-state index < -0.39 is 84.8 Å². The van der Waals surface area contributed by atoms with Crippen molar-refractivity contribution in [1.29, 1.82) is 0 Å². The highest BCUT2D eigenvalue weighted by molar-refractivity contribution is 5.97. The van der Waals surface area contributed by atoms with Crippen molar-refractivity contribution in [2.75, 3.05) is 0 Å². The summed E-state index contributed by atoms with van der Waals surface area (Å²) >= 11 is 0. The molecule has 0 aromatic heterocycles. The average Bonchev–Trinajstić information content (AvgIpc) is 2.64. The topological polar surface area (TPSA) is 280 Å². The van der Waals surface area contributed by atoms with Gasteiger partial charge in [0.05, 0.1) is 25.3 Å². The molecule has 0 aromatic carbocycles. The Labute approximate surface area is 189 Å². The normalized spacial score (nSPS) is 14.3. The second kappa shape index (κ2) is 13.6. The van der Waals surface area contributed by atoms with Crippen LogP contribution in [0.3, 0.4) is 0 Å². The fraction of sp³-hybridized carbons (Fsp3) is 0.611. The third kappa shape index (κ3) is 12.0. The van der Waals surface area contributed by atoms with Crippen molar-refractivity contribution >= 4 is 41.4 Å². The van der Waals surface area contributed by atoms with Gasteiger partial charge in [-0.2, -0.15) is 0 Å². The molecule has 0 saturated heterocycles. The lowest BCUT2D eigenvalue weighted by Gasteiger charge is -2.25. The summed E-state index contributed by atoms with van der Waals surface area (Å²) in [5, 5.41) is 15.7. The van der Waals surface area contributed by atoms with Gasteiger partial charge >= 0.3 is 5.97 Å². The Morgan fingerprint density at radius 3 is 1.48 bits per heavy atom. The lowest BCUT2D eigenvalue weighted by Crippen LogP contribution is -2.58. The van der Waals surface area contributed by atoms with Crippen LogP contribution < -0.4 is 38.9 Å². The molecule has 0 bridgehead atoms. The molecule has 0 aliphatic carbocycles. The number of carbonyl (C=O) groups is 7. The molecule has 33 heavy (non-hydrogen) atoms. The van der Waals surface area contributed by atoms with Gasteiger partial charge in [0.15, 0.2) is 0 Å². The minimum atomic E-state index is -1.71. The maximum atomic E-state index is 12.8. The zero-order chi connectivity index (χ0) is 25.9. The zero-order valence-electron chi connectivity index (χ0n) is 18.3. The number of hydrogen-bond acceptors (Lipinski definition) is 8. The SMILES string of the molecule is CC(C)CC(NC(=O)C(N)CC(N)=O)C(=O)NC(CC(N)=O)C(=O)NC(CC(N)=O)C(=O)O. The predicted octanol–water partition coefficient (Wildman–Crippen LogP) is -4.48. The summed E-state index contributed by atoms with van der Waals surface area (Å²) in [6.07, 6.45) is -1.82. The first-order chi connectivity index (χ1) is 15.1. The Morgan fingerprint density at radius 2 is 1.06 bits per heavy atom. The molecule has 186 valence electrons. The van der Waals surface area contributed by atoms with Crippen LogP contribution in [0.1, 0.15) is 39.5 Å². The average molecular weight is 473 g/mol. The van der Waals surface area contributed by atoms with Crippen LogP contribution in [0.4, 0.5) is 0 Å². The second-order valence-corrected chi connectivity index (χ2v) is 7.77. The molecule has 0 saturated carbocycles. The highest BCUT2D eigenvalue weighted by atomic mass is 16.4. The van der Waals surface area contributed by atoms with Gasteiger partial charge in [-0.1, -0.05) is 13.8 Å². The second-order valence-electron chi connectivity index (χ2n) is 7.77. The third-order valence-electron chi connectivity index (χ3n) is 4.16. The zero-order valence-corrected chi connectivity index (χ0v) is 18.3. The number of carboxylic acids is 1. The maximum absolute atomic E-state index is 12.8. The van der Waals surface area contributed by atoms with Gasteiger partial charge in [-0.25, -0.2) is 4.79 Å². The molecular formula is C18H31N7O8. The summed E-state index contributed by atoms with van der Waals surface area (Å²) in [6, 6.07) is -5.86. The molecule has 0 spiro atoms. The number of hydrogen-bond donors (Lipinski definition) is 8. The van der Waals surface area contributed by atoms with Gasteiger partial charge in [-0.05, 0) is 12.3 Å². The summed E-state index contributed by atoms with van der Waals surface area (Å²) in [6.45, 7) is 3.48. The maximum Gasteiger partial charge on any atom is 0.326 e. The fourth-order valence-electron chi connectivity index (χ4n) is 2.65. The molecule has 0 aromatic rings. The van der Waals surface area contributed by atoms with E-state index in [2.05, 4.69) is 10.6 Å². The monoisotopic (exact) mass is 473 g/mol. The molecule has 15 heteroatoms. The first-order valence-corrected chi connectivity index (χ1v) is 9.88. The minimum Gasteiger partial charge on any atom is -0.480 e. The molecule has 4 atom stereocenters. The number of carboxylic acid groups (broad SMARTS) is 1. The number of nitrogens with one attached hydrogen (secondary N) is 3. The quantitative estimate of drug-likeness (QED) is 0.114. The largest absolute Gasteiger partial charge is 0.480 e. The van der Waals surface area contributed by atoms with Crippen LogP contribution in [0.25, 0.3) is 0 Å². The van der Waals surface area contributed by atoms with Gasteiger partial charge in [-0.3, -0.25) is 28.8 Å². The van der Waals surface area contributed by atoms with E-state index in [1.165, 1.54) is 0 Å². The number of carbonyl (C=O) groups excluding carboxylic acids is 6. The molecule has 0 radical (unpaired) electrons. The fourth-order valence-corrected chi connectivity index (χ4v) is 2.65. The highest BCUT2D eigenvalue weighted by Gasteiger charge is 2.32. The van der Waals surface area contributed by atoms with Gasteiger partial charge < -0.3 is 44.0 Å². The van der Waals surface area contributed by atoms with Crippen LogP contribution in [0.5, 0.6) is 0 Å². The minimum absolute atomic E-state index is 0.0885. The van der Waals surface area contributed by atoms with E-state index in [1.54, 1.807) is 13.8 Å². The molecule has 0 heterocycles. The van der Waals surface area contributed by atoms with Gasteiger partial charge in [0, 0.05) is 0 Å². The molecule has 12 N–H and O–H groups in total. The van der Waals surface area contributed by atoms with Crippen LogP contribution in [0.15, 0.2) is 0 Å². The summed E-state index contributed by atoms with van der Waals surface area (Å²) < 4.78 is 0. The van der Waals surface area contributed by atoms with E-state index in [4.69, 9.17) is 28.0 Å². The standard InChI is InChI=1S/C18H31N7O8/c1-7(2)3-9(23-15(29)8(19)4-12(20)26)16(30)24-10(5-13(21)27)17(31)25-11(18(32)33)6-14(22)28/h7-11H,3-6,19H2,1-2H3,(H2,20,26)(H2,21,27)(H2,22,28)(H,23,29)(H,24,30)(H,25,31)(H,32,33). The number of aliphatic carboxylic acids is 1. The predicted molar refractivity (Wildman–Crippen MR) is 112 cm³/mol. The first kappa shape index (κ1) is 29.2. The van der Waals surface area contributed by atoms with Gasteiger partial charge in [0.2, 0.25) is 35.4 Å². The Kier molecular flexibility index (Phi) is 12.1. The van der Waals surface area contributed by atoms with Crippen molar-refractivity contribution in [2.24, 2.45) is 28.9 Å². The van der Waals surface area contributed by atoms with Crippen LogP contribution in [-0.4, -0.2) is 70.7 Å². The van der Waals surface area contributed by atoms with Crippen molar-refractivity contribution in [3.05, 3.63) is 0 Å². The van der Waals surface area contributed by atoms with E-state index >= 15 is 0 Å². The van der Waals surface area contributed by atoms with Crippen LogP contribution in [0.2, 0.25) is 0 Å². The first-order valence-electron chi connectivity index (χ1n) is 9.88. The van der Waals surface area contributed by atoms with Gasteiger partial charge in [0.1, 0.15) is 18.1 Å². The molecule has 0 rings (SSSR count). The van der Waals surface area contributed by atoms with E-state index in [1.807, 2.05) is 5.32 Å². The Bertz CT molecular complexity index is 786. The molecule has 0 aliphatic heterocycles. The number of amides is 6. The number of primary amides is 3. The summed E-state index contributed by atoms with van der Waals surface area (Å²) in [7, 11) is 0. The Morgan fingerprint density at radius 1 is 0.667 bits per heavy atom. The lowest BCUT2D eigenvalue weighted by atomic mass is 10.0. The highest BCUT2D eigenvalue weighted by Crippen LogP contribution is 2.07. The molecule has 4 unspecified atom stereocenters. The number of rotatable bonds is 15. The molecular weight excluding hydrogens is 442 g/mol. The van der Waals surface area contributed by atoms with Crippen LogP contribution in [0, 0.1) is 5.92 Å². The van der Waals surface area contributed by atoms with Gasteiger partial charge in [-0.15, -0.1) is 0 Å². The smallest absolute Gasteiger partial charge is 0.326 e. The molecule has 0 fully saturated rings. The van der Waals surface area contributed by atoms with Crippen molar-refractivity contribution in [3.63, 3.8) is 0 Å². The third-order valence-corrected chi connectivity index (χ3v) is 4.16. The van der Waals surface area contributed by atoms with E-state index in [9.17, 15) is 33.6 Å². The van der Waals surface area contributed by atoms with Crippen LogP contribution >= 0.6 is 0 Å². The van der Waals surface area contributed by atoms with E-state index in [0.29, 0.717) is 0 Å². The molecule has 6 amide bonds. The van der Waals surface area contributed by atoms with Crippen molar-refractivity contribution in [2.45, 2.75) is 63.7 Å². The van der Waals surface area contributed by atoms with Crippen LogP contribution in [-0.2, 0) is 33.6 Å². The number of nitrogens with two attached hydrogens (primary N) is 4.